The van der Waals surface area contributed by atoms with E-state index in [2.05, 4.69) is 4.72 Å². The van der Waals surface area contributed by atoms with Crippen molar-refractivity contribution in [3.05, 3.63) is 23.6 Å². The van der Waals surface area contributed by atoms with Gasteiger partial charge in [-0.25, -0.2) is 4.72 Å². The number of nitrogens with two attached hydrogens (primary N) is 1. The Balaban J connectivity index is 2.62. The van der Waals surface area contributed by atoms with Crippen molar-refractivity contribution < 1.29 is 0 Å². The molecule has 1 atom stereocenters. The molecule has 0 aromatic rings. The molecule has 1 rings (SSSR count). The molecule has 2 nitrogen and oxygen atoms in total. The van der Waals surface area contributed by atoms with E-state index >= 15 is 0 Å². The van der Waals surface area contributed by atoms with E-state index < -0.39 is 5.66 Å². The van der Waals surface area contributed by atoms with Crippen molar-refractivity contribution in [3.8, 4) is 0 Å². The topological polar surface area (TPSA) is 38.0 Å². The normalized spacial score (nSPS) is 34.4. The molecule has 0 aromatic carbocycles. The fourth-order valence-electron chi connectivity index (χ4n) is 0.682. The molecule has 1 unspecified atom stereocenters. The van der Waals surface area contributed by atoms with Crippen molar-refractivity contribution in [2.45, 2.75) is 12.6 Å². The van der Waals surface area contributed by atoms with Crippen LogP contribution in [0.4, 0.5) is 0 Å². The summed E-state index contributed by atoms with van der Waals surface area (Å²) in [7, 11) is 0. The molecule has 0 saturated carbocycles. The molecular weight excluding hydrogens is 132 g/mol. The summed E-state index contributed by atoms with van der Waals surface area (Å²) in [5.41, 5.74) is 5.36. The molecule has 50 valence electrons. The number of hydrogen-bond donors (Lipinski definition) is 2. The van der Waals surface area contributed by atoms with Crippen LogP contribution < -0.4 is 10.5 Å². The van der Waals surface area contributed by atoms with Crippen LogP contribution in [0, 0.1) is 0 Å². The highest BCUT2D eigenvalue weighted by Gasteiger charge is 2.19. The van der Waals surface area contributed by atoms with Gasteiger partial charge >= 0.3 is 0 Å². The third kappa shape index (κ3) is 1.58. The second kappa shape index (κ2) is 2.56. The van der Waals surface area contributed by atoms with Crippen LogP contribution in [0.1, 0.15) is 6.92 Å². The zero-order chi connectivity index (χ0) is 6.74. The van der Waals surface area contributed by atoms with E-state index in [1.807, 2.05) is 30.6 Å². The molecule has 3 heteroatoms. The molecule has 0 amide bonds. The van der Waals surface area contributed by atoms with Crippen LogP contribution >= 0.6 is 11.9 Å². The average Bonchev–Trinajstić information content (AvgIpc) is 2.16. The Hall–Kier alpha value is -0.250. The predicted molar refractivity (Wildman–Crippen MR) is 41.6 cm³/mol. The highest BCUT2D eigenvalue weighted by molar-refractivity contribution is 8.00. The second-order valence-corrected chi connectivity index (χ2v) is 2.67. The fourth-order valence-corrected chi connectivity index (χ4v) is 1.38. The SMILES string of the molecule is C/C=C/C1(N)C=CSN1. The molecular formula is C6H10N2S. The molecule has 0 fully saturated rings. The van der Waals surface area contributed by atoms with Crippen LogP contribution in [0.5, 0.6) is 0 Å². The molecule has 1 heterocycles. The molecule has 0 saturated heterocycles. The first-order valence-electron chi connectivity index (χ1n) is 2.80. The fraction of sp³-hybridized carbons (Fsp3) is 0.333. The largest absolute Gasteiger partial charge is 0.306 e. The van der Waals surface area contributed by atoms with Crippen LogP contribution in [0.25, 0.3) is 0 Å². The lowest BCUT2D eigenvalue weighted by atomic mass is 10.2. The van der Waals surface area contributed by atoms with Gasteiger partial charge in [-0.3, -0.25) is 0 Å². The first-order chi connectivity index (χ1) is 4.27. The quantitative estimate of drug-likeness (QED) is 0.423. The predicted octanol–water partition coefficient (Wildman–Crippen LogP) is 0.983. The van der Waals surface area contributed by atoms with Gasteiger partial charge in [-0.05, 0) is 24.5 Å². The number of allylic oxidation sites excluding steroid dienone is 1. The Kier molecular flexibility index (Phi) is 1.95. The second-order valence-electron chi connectivity index (χ2n) is 1.96. The molecule has 0 bridgehead atoms. The lowest BCUT2D eigenvalue weighted by Gasteiger charge is -2.15. The summed E-state index contributed by atoms with van der Waals surface area (Å²) in [6.45, 7) is 1.95. The lowest BCUT2D eigenvalue weighted by molar-refractivity contribution is 0.652. The van der Waals surface area contributed by atoms with Gasteiger partial charge < -0.3 is 5.73 Å². The summed E-state index contributed by atoms with van der Waals surface area (Å²) in [6, 6.07) is 0. The summed E-state index contributed by atoms with van der Waals surface area (Å²) in [4.78, 5) is 0. The maximum Gasteiger partial charge on any atom is 0.115 e. The van der Waals surface area contributed by atoms with Gasteiger partial charge in [-0.2, -0.15) is 0 Å². The van der Waals surface area contributed by atoms with Crippen molar-refractivity contribution in [3.63, 3.8) is 0 Å². The molecule has 3 N–H and O–H groups in total. The number of nitrogens with one attached hydrogen (secondary N) is 1. The van der Waals surface area contributed by atoms with Gasteiger partial charge in [-0.15, -0.1) is 0 Å². The van der Waals surface area contributed by atoms with Gasteiger partial charge in [0.15, 0.2) is 0 Å². The Labute approximate surface area is 59.3 Å². The zero-order valence-corrected chi connectivity index (χ0v) is 6.11. The van der Waals surface area contributed by atoms with Crippen molar-refractivity contribution in [1.29, 1.82) is 0 Å². The molecule has 1 aliphatic rings. The maximum absolute atomic E-state index is 5.76. The standard InChI is InChI=1S/C6H10N2S/c1-2-3-6(7)4-5-9-8-6/h2-5,8H,7H2,1H3/b3-2+. The monoisotopic (exact) mass is 142 g/mol. The minimum Gasteiger partial charge on any atom is -0.306 e. The molecule has 1 aliphatic heterocycles. The highest BCUT2D eigenvalue weighted by Crippen LogP contribution is 2.16. The van der Waals surface area contributed by atoms with Crippen LogP contribution in [-0.4, -0.2) is 5.66 Å². The van der Waals surface area contributed by atoms with E-state index in [0.717, 1.165) is 0 Å². The molecule has 0 aromatic heterocycles. The van der Waals surface area contributed by atoms with E-state index in [-0.39, 0.29) is 0 Å². The summed E-state index contributed by atoms with van der Waals surface area (Å²) < 4.78 is 3.03. The minimum absolute atomic E-state index is 0.403. The molecule has 0 spiro atoms. The Bertz CT molecular complexity index is 153. The lowest BCUT2D eigenvalue weighted by Crippen LogP contribution is -2.43. The Morgan fingerprint density at radius 2 is 2.56 bits per heavy atom. The van der Waals surface area contributed by atoms with Crippen molar-refractivity contribution in [2.75, 3.05) is 0 Å². The Morgan fingerprint density at radius 1 is 1.78 bits per heavy atom. The van der Waals surface area contributed by atoms with Crippen molar-refractivity contribution in [2.24, 2.45) is 5.73 Å². The maximum atomic E-state index is 5.76. The van der Waals surface area contributed by atoms with Gasteiger partial charge in [0.2, 0.25) is 0 Å². The van der Waals surface area contributed by atoms with Gasteiger partial charge in [-0.1, -0.05) is 18.0 Å². The van der Waals surface area contributed by atoms with Crippen LogP contribution in [0.15, 0.2) is 23.6 Å². The Morgan fingerprint density at radius 3 is 3.00 bits per heavy atom. The van der Waals surface area contributed by atoms with E-state index in [4.69, 9.17) is 5.73 Å². The van der Waals surface area contributed by atoms with E-state index in [9.17, 15) is 0 Å². The summed E-state index contributed by atoms with van der Waals surface area (Å²) in [5, 5.41) is 1.94. The van der Waals surface area contributed by atoms with Gasteiger partial charge in [0.1, 0.15) is 5.66 Å². The van der Waals surface area contributed by atoms with E-state index in [1.54, 1.807) is 0 Å². The van der Waals surface area contributed by atoms with Crippen LogP contribution in [-0.2, 0) is 0 Å². The summed E-state index contributed by atoms with van der Waals surface area (Å²) in [5.74, 6) is 0. The number of rotatable bonds is 1. The average molecular weight is 142 g/mol. The smallest absolute Gasteiger partial charge is 0.115 e. The van der Waals surface area contributed by atoms with E-state index in [0.29, 0.717) is 0 Å². The highest BCUT2D eigenvalue weighted by atomic mass is 32.2. The van der Waals surface area contributed by atoms with Crippen LogP contribution in [0.3, 0.4) is 0 Å². The third-order valence-electron chi connectivity index (χ3n) is 1.09. The summed E-state index contributed by atoms with van der Waals surface area (Å²) >= 11 is 1.51. The summed E-state index contributed by atoms with van der Waals surface area (Å²) in [6.07, 6.45) is 5.78. The van der Waals surface area contributed by atoms with Crippen molar-refractivity contribution in [1.82, 2.24) is 4.72 Å². The molecule has 9 heavy (non-hydrogen) atoms. The zero-order valence-electron chi connectivity index (χ0n) is 5.29. The first kappa shape index (κ1) is 6.86. The van der Waals surface area contributed by atoms with Crippen molar-refractivity contribution >= 4 is 11.9 Å². The van der Waals surface area contributed by atoms with E-state index in [1.165, 1.54) is 11.9 Å². The van der Waals surface area contributed by atoms with Gasteiger partial charge in [0.05, 0.1) is 0 Å². The minimum atomic E-state index is -0.403. The first-order valence-corrected chi connectivity index (χ1v) is 3.68. The molecule has 0 aliphatic carbocycles. The van der Waals surface area contributed by atoms with Gasteiger partial charge in [0, 0.05) is 0 Å². The van der Waals surface area contributed by atoms with Crippen LogP contribution in [0.2, 0.25) is 0 Å². The molecule has 0 radical (unpaired) electrons. The number of hydrogen-bond acceptors (Lipinski definition) is 3. The third-order valence-corrected chi connectivity index (χ3v) is 1.83. The van der Waals surface area contributed by atoms with Gasteiger partial charge in [0.25, 0.3) is 0 Å².